The van der Waals surface area contributed by atoms with Gasteiger partial charge in [0.1, 0.15) is 6.04 Å². The standard InChI is InChI=1S/C11H13N3O2/c1-14(2)10(11(15)16)7-3-4-8-9(5-7)13-6-12-8/h3-6,10H,1-2H3,(H,12,13)(H,15,16). The Morgan fingerprint density at radius 3 is 2.88 bits per heavy atom. The van der Waals surface area contributed by atoms with E-state index in [0.29, 0.717) is 0 Å². The van der Waals surface area contributed by atoms with Gasteiger partial charge in [-0.1, -0.05) is 6.07 Å². The Kier molecular flexibility index (Phi) is 2.62. The van der Waals surface area contributed by atoms with Gasteiger partial charge in [-0.05, 0) is 31.8 Å². The first-order chi connectivity index (χ1) is 7.59. The van der Waals surface area contributed by atoms with Crippen LogP contribution >= 0.6 is 0 Å². The summed E-state index contributed by atoms with van der Waals surface area (Å²) < 4.78 is 0. The number of carboxylic acids is 1. The van der Waals surface area contributed by atoms with E-state index in [1.54, 1.807) is 31.4 Å². The van der Waals surface area contributed by atoms with Gasteiger partial charge in [0.15, 0.2) is 0 Å². The average molecular weight is 219 g/mol. The number of aromatic nitrogens is 2. The van der Waals surface area contributed by atoms with Crippen LogP contribution in [-0.4, -0.2) is 40.0 Å². The van der Waals surface area contributed by atoms with Crippen LogP contribution < -0.4 is 0 Å². The highest BCUT2D eigenvalue weighted by molar-refractivity contribution is 5.80. The van der Waals surface area contributed by atoms with Gasteiger partial charge in [-0.2, -0.15) is 0 Å². The zero-order chi connectivity index (χ0) is 11.7. The van der Waals surface area contributed by atoms with Gasteiger partial charge in [0.05, 0.1) is 17.4 Å². The number of imidazole rings is 1. The molecule has 0 amide bonds. The first kappa shape index (κ1) is 10.6. The van der Waals surface area contributed by atoms with Crippen molar-refractivity contribution in [1.82, 2.24) is 14.9 Å². The fourth-order valence-corrected chi connectivity index (χ4v) is 1.78. The third-order valence-electron chi connectivity index (χ3n) is 2.51. The van der Waals surface area contributed by atoms with Gasteiger partial charge in [-0.25, -0.2) is 4.98 Å². The van der Waals surface area contributed by atoms with Crippen molar-refractivity contribution in [2.24, 2.45) is 0 Å². The van der Waals surface area contributed by atoms with Crippen LogP contribution in [0.2, 0.25) is 0 Å². The summed E-state index contributed by atoms with van der Waals surface area (Å²) in [5, 5.41) is 9.15. The van der Waals surface area contributed by atoms with Gasteiger partial charge in [0.25, 0.3) is 0 Å². The third-order valence-corrected chi connectivity index (χ3v) is 2.51. The fourth-order valence-electron chi connectivity index (χ4n) is 1.78. The molecule has 0 radical (unpaired) electrons. The molecule has 1 unspecified atom stereocenters. The minimum atomic E-state index is -0.858. The fraction of sp³-hybridized carbons (Fsp3) is 0.273. The van der Waals surface area contributed by atoms with Crippen LogP contribution in [0.1, 0.15) is 11.6 Å². The number of carbonyl (C=O) groups is 1. The van der Waals surface area contributed by atoms with E-state index >= 15 is 0 Å². The maximum atomic E-state index is 11.1. The molecule has 0 fully saturated rings. The average Bonchev–Trinajstić information content (AvgIpc) is 2.63. The Morgan fingerprint density at radius 2 is 2.25 bits per heavy atom. The number of hydrogen-bond acceptors (Lipinski definition) is 3. The molecule has 0 saturated heterocycles. The minimum Gasteiger partial charge on any atom is -0.480 e. The SMILES string of the molecule is CN(C)C(C(=O)O)c1ccc2nc[nH]c2c1. The molecule has 2 rings (SSSR count). The highest BCUT2D eigenvalue weighted by Gasteiger charge is 2.22. The summed E-state index contributed by atoms with van der Waals surface area (Å²) in [6.07, 6.45) is 1.60. The molecular weight excluding hydrogens is 206 g/mol. The second-order valence-electron chi connectivity index (χ2n) is 3.88. The van der Waals surface area contributed by atoms with Crippen molar-refractivity contribution in [1.29, 1.82) is 0 Å². The number of nitrogens with one attached hydrogen (secondary N) is 1. The van der Waals surface area contributed by atoms with E-state index in [1.165, 1.54) is 0 Å². The molecule has 1 atom stereocenters. The minimum absolute atomic E-state index is 0.632. The molecule has 1 aromatic heterocycles. The molecule has 2 aromatic rings. The van der Waals surface area contributed by atoms with Crippen LogP contribution in [0.3, 0.4) is 0 Å². The zero-order valence-electron chi connectivity index (χ0n) is 9.14. The topological polar surface area (TPSA) is 69.2 Å². The second-order valence-corrected chi connectivity index (χ2v) is 3.88. The lowest BCUT2D eigenvalue weighted by molar-refractivity contribution is -0.142. The maximum Gasteiger partial charge on any atom is 0.325 e. The first-order valence-electron chi connectivity index (χ1n) is 4.92. The maximum absolute atomic E-state index is 11.1. The lowest BCUT2D eigenvalue weighted by Crippen LogP contribution is -2.27. The normalized spacial score (nSPS) is 13.2. The summed E-state index contributed by atoms with van der Waals surface area (Å²) in [5.74, 6) is -0.858. The Labute approximate surface area is 92.7 Å². The van der Waals surface area contributed by atoms with Gasteiger partial charge in [0, 0.05) is 0 Å². The van der Waals surface area contributed by atoms with E-state index in [-0.39, 0.29) is 0 Å². The lowest BCUT2D eigenvalue weighted by Gasteiger charge is -2.20. The van der Waals surface area contributed by atoms with Crippen LogP contribution in [0, 0.1) is 0 Å². The summed E-state index contributed by atoms with van der Waals surface area (Å²) in [5.41, 5.74) is 2.44. The smallest absolute Gasteiger partial charge is 0.325 e. The number of benzene rings is 1. The van der Waals surface area contributed by atoms with Crippen molar-refractivity contribution in [2.75, 3.05) is 14.1 Å². The summed E-state index contributed by atoms with van der Waals surface area (Å²) in [4.78, 5) is 19.9. The van der Waals surface area contributed by atoms with E-state index in [0.717, 1.165) is 16.6 Å². The predicted molar refractivity (Wildman–Crippen MR) is 60.2 cm³/mol. The summed E-state index contributed by atoms with van der Waals surface area (Å²) >= 11 is 0. The van der Waals surface area contributed by atoms with E-state index in [4.69, 9.17) is 5.11 Å². The van der Waals surface area contributed by atoms with Crippen LogP contribution in [0.25, 0.3) is 11.0 Å². The number of aromatic amines is 1. The van der Waals surface area contributed by atoms with E-state index in [2.05, 4.69) is 9.97 Å². The monoisotopic (exact) mass is 219 g/mol. The van der Waals surface area contributed by atoms with Gasteiger partial charge < -0.3 is 10.1 Å². The van der Waals surface area contributed by atoms with Crippen molar-refractivity contribution in [2.45, 2.75) is 6.04 Å². The molecule has 16 heavy (non-hydrogen) atoms. The molecule has 0 aliphatic rings. The molecule has 0 spiro atoms. The quantitative estimate of drug-likeness (QED) is 0.815. The van der Waals surface area contributed by atoms with Crippen molar-refractivity contribution < 1.29 is 9.90 Å². The molecule has 84 valence electrons. The number of carboxylic acid groups (broad SMARTS) is 1. The molecule has 0 saturated carbocycles. The third kappa shape index (κ3) is 1.77. The number of fused-ring (bicyclic) bond motifs is 1. The van der Waals surface area contributed by atoms with Crippen molar-refractivity contribution in [3.63, 3.8) is 0 Å². The molecule has 5 heteroatoms. The molecular formula is C11H13N3O2. The van der Waals surface area contributed by atoms with Crippen LogP contribution in [-0.2, 0) is 4.79 Å². The van der Waals surface area contributed by atoms with Crippen LogP contribution in [0.15, 0.2) is 24.5 Å². The van der Waals surface area contributed by atoms with Crippen LogP contribution in [0.5, 0.6) is 0 Å². The van der Waals surface area contributed by atoms with Gasteiger partial charge in [0.2, 0.25) is 0 Å². The van der Waals surface area contributed by atoms with E-state index < -0.39 is 12.0 Å². The molecule has 0 aliphatic heterocycles. The van der Waals surface area contributed by atoms with Crippen LogP contribution in [0.4, 0.5) is 0 Å². The highest BCUT2D eigenvalue weighted by Crippen LogP contribution is 2.21. The summed E-state index contributed by atoms with van der Waals surface area (Å²) in [6.45, 7) is 0. The number of rotatable bonds is 3. The molecule has 2 N–H and O–H groups in total. The molecule has 1 aromatic carbocycles. The first-order valence-corrected chi connectivity index (χ1v) is 4.92. The van der Waals surface area contributed by atoms with Gasteiger partial charge in [-0.3, -0.25) is 9.69 Å². The van der Waals surface area contributed by atoms with Crippen molar-refractivity contribution >= 4 is 17.0 Å². The van der Waals surface area contributed by atoms with E-state index in [9.17, 15) is 4.79 Å². The molecule has 5 nitrogen and oxygen atoms in total. The Hall–Kier alpha value is -1.88. The second kappa shape index (κ2) is 3.94. The number of nitrogens with zero attached hydrogens (tertiary/aromatic N) is 2. The van der Waals surface area contributed by atoms with Gasteiger partial charge >= 0.3 is 5.97 Å². The van der Waals surface area contributed by atoms with Crippen molar-refractivity contribution in [3.05, 3.63) is 30.1 Å². The zero-order valence-corrected chi connectivity index (χ0v) is 9.14. The van der Waals surface area contributed by atoms with E-state index in [1.807, 2.05) is 12.1 Å². The highest BCUT2D eigenvalue weighted by atomic mass is 16.4. The predicted octanol–water partition coefficient (Wildman–Crippen LogP) is 1.25. The Bertz CT molecular complexity index is 519. The molecule has 0 aliphatic carbocycles. The number of aliphatic carboxylic acids is 1. The summed E-state index contributed by atoms with van der Waals surface area (Å²) in [6, 6.07) is 4.80. The number of H-pyrrole nitrogens is 1. The van der Waals surface area contributed by atoms with Crippen molar-refractivity contribution in [3.8, 4) is 0 Å². The molecule has 0 bridgehead atoms. The Morgan fingerprint density at radius 1 is 1.50 bits per heavy atom. The largest absolute Gasteiger partial charge is 0.480 e. The van der Waals surface area contributed by atoms with Gasteiger partial charge in [-0.15, -0.1) is 0 Å². The number of hydrogen-bond donors (Lipinski definition) is 2. The lowest BCUT2D eigenvalue weighted by atomic mass is 10.1. The number of likely N-dealkylation sites (N-methyl/N-ethyl adjacent to an activating group) is 1. The molecule has 1 heterocycles. The Balaban J connectivity index is 2.48. The summed E-state index contributed by atoms with van der Waals surface area (Å²) in [7, 11) is 3.49.